The summed E-state index contributed by atoms with van der Waals surface area (Å²) in [4.78, 5) is 8.35. The van der Waals surface area contributed by atoms with Crippen LogP contribution in [-0.4, -0.2) is 27.2 Å². The molecule has 1 aromatic carbocycles. The minimum Gasteiger partial charge on any atom is -0.388 e. The van der Waals surface area contributed by atoms with Crippen LogP contribution in [0.2, 0.25) is 0 Å². The molecule has 96 valence electrons. The Balaban J connectivity index is 2.33. The van der Waals surface area contributed by atoms with Gasteiger partial charge in [0, 0.05) is 11.9 Å². The van der Waals surface area contributed by atoms with Crippen LogP contribution in [0.15, 0.2) is 24.3 Å². The molecule has 4 N–H and O–H groups in total. The molecule has 0 aliphatic rings. The van der Waals surface area contributed by atoms with Gasteiger partial charge in [0.1, 0.15) is 5.82 Å². The number of rotatable bonds is 4. The number of aromatic nitrogens is 2. The lowest BCUT2D eigenvalue weighted by atomic mass is 10.0. The fourth-order valence-electron chi connectivity index (χ4n) is 1.63. The number of anilines is 2. The number of hydrogen-bond acceptors (Lipinski definition) is 5. The third kappa shape index (κ3) is 2.68. The van der Waals surface area contributed by atoms with Crippen molar-refractivity contribution in [2.24, 2.45) is 0 Å². The summed E-state index contributed by atoms with van der Waals surface area (Å²) in [7, 11) is 0. The Morgan fingerprint density at radius 1 is 1.33 bits per heavy atom. The summed E-state index contributed by atoms with van der Waals surface area (Å²) in [5.74, 6) is 0.888. The molecular weight excluding hydrogens is 228 g/mol. The lowest BCUT2D eigenvalue weighted by Gasteiger charge is -2.22. The van der Waals surface area contributed by atoms with Crippen LogP contribution in [0.3, 0.4) is 0 Å². The van der Waals surface area contributed by atoms with Crippen LogP contribution in [0.4, 0.5) is 11.8 Å². The number of nitrogens with two attached hydrogens (primary N) is 1. The summed E-state index contributed by atoms with van der Waals surface area (Å²) in [6.45, 7) is 4.14. The van der Waals surface area contributed by atoms with Crippen molar-refractivity contribution >= 4 is 22.7 Å². The van der Waals surface area contributed by atoms with Crippen LogP contribution in [0.5, 0.6) is 0 Å². The summed E-state index contributed by atoms with van der Waals surface area (Å²) >= 11 is 0. The van der Waals surface area contributed by atoms with Crippen molar-refractivity contribution in [1.82, 2.24) is 9.97 Å². The number of nitrogen functional groups attached to an aromatic ring is 1. The van der Waals surface area contributed by atoms with Crippen molar-refractivity contribution in [2.45, 2.75) is 25.9 Å². The average Bonchev–Trinajstić information content (AvgIpc) is 2.36. The maximum absolute atomic E-state index is 9.99. The highest BCUT2D eigenvalue weighted by atomic mass is 16.3. The molecule has 0 fully saturated rings. The highest BCUT2D eigenvalue weighted by Gasteiger charge is 2.18. The Kier molecular flexibility index (Phi) is 3.34. The molecule has 1 atom stereocenters. The second-order valence-corrected chi connectivity index (χ2v) is 4.65. The van der Waals surface area contributed by atoms with Gasteiger partial charge in [-0.25, -0.2) is 4.98 Å². The standard InChI is InChI=1S/C13H18N4O/c1-3-13(2,18)8-15-11-9-6-4-5-7-10(9)16-12(14)17-11/h4-7,18H,3,8H2,1-2H3,(H3,14,15,16,17). The maximum Gasteiger partial charge on any atom is 0.222 e. The van der Waals surface area contributed by atoms with Crippen molar-refractivity contribution in [3.8, 4) is 0 Å². The van der Waals surface area contributed by atoms with Gasteiger partial charge in [0.05, 0.1) is 11.1 Å². The highest BCUT2D eigenvalue weighted by molar-refractivity contribution is 5.89. The van der Waals surface area contributed by atoms with Crippen molar-refractivity contribution in [2.75, 3.05) is 17.6 Å². The number of para-hydroxylation sites is 1. The molecule has 0 bridgehead atoms. The third-order valence-electron chi connectivity index (χ3n) is 3.02. The van der Waals surface area contributed by atoms with Crippen LogP contribution in [0, 0.1) is 0 Å². The number of hydrogen-bond donors (Lipinski definition) is 3. The molecule has 0 aliphatic heterocycles. The van der Waals surface area contributed by atoms with E-state index in [1.54, 1.807) is 6.92 Å². The number of fused-ring (bicyclic) bond motifs is 1. The average molecular weight is 246 g/mol. The highest BCUT2D eigenvalue weighted by Crippen LogP contribution is 2.21. The van der Waals surface area contributed by atoms with Gasteiger partial charge in [0.15, 0.2) is 0 Å². The van der Waals surface area contributed by atoms with Gasteiger partial charge in [-0.2, -0.15) is 4.98 Å². The fourth-order valence-corrected chi connectivity index (χ4v) is 1.63. The number of nitrogens with zero attached hydrogens (tertiary/aromatic N) is 2. The van der Waals surface area contributed by atoms with E-state index in [0.717, 1.165) is 10.9 Å². The van der Waals surface area contributed by atoms with Crippen LogP contribution in [0.25, 0.3) is 10.9 Å². The Hall–Kier alpha value is -1.88. The molecule has 18 heavy (non-hydrogen) atoms. The molecule has 5 heteroatoms. The van der Waals surface area contributed by atoms with E-state index in [1.165, 1.54) is 0 Å². The van der Waals surface area contributed by atoms with E-state index in [4.69, 9.17) is 5.73 Å². The zero-order valence-corrected chi connectivity index (χ0v) is 10.6. The van der Waals surface area contributed by atoms with E-state index < -0.39 is 5.60 Å². The maximum atomic E-state index is 9.99. The van der Waals surface area contributed by atoms with Gasteiger partial charge in [-0.3, -0.25) is 0 Å². The van der Waals surface area contributed by atoms with Crippen molar-refractivity contribution in [3.05, 3.63) is 24.3 Å². The van der Waals surface area contributed by atoms with Gasteiger partial charge < -0.3 is 16.2 Å². The van der Waals surface area contributed by atoms with Crippen LogP contribution in [-0.2, 0) is 0 Å². The SMILES string of the molecule is CCC(C)(O)CNc1nc(N)nc2ccccc12. The first-order valence-corrected chi connectivity index (χ1v) is 6.00. The molecule has 0 radical (unpaired) electrons. The molecule has 5 nitrogen and oxygen atoms in total. The molecular formula is C13H18N4O. The van der Waals surface area contributed by atoms with Gasteiger partial charge in [-0.1, -0.05) is 19.1 Å². The summed E-state index contributed by atoms with van der Waals surface area (Å²) in [5, 5.41) is 14.0. The van der Waals surface area contributed by atoms with Crippen LogP contribution >= 0.6 is 0 Å². The van der Waals surface area contributed by atoms with Crippen molar-refractivity contribution in [3.63, 3.8) is 0 Å². The first-order chi connectivity index (χ1) is 8.52. The van der Waals surface area contributed by atoms with Gasteiger partial charge in [-0.05, 0) is 25.5 Å². The predicted molar refractivity (Wildman–Crippen MR) is 73.4 cm³/mol. The van der Waals surface area contributed by atoms with Crippen LogP contribution in [0.1, 0.15) is 20.3 Å². The molecule has 0 saturated carbocycles. The predicted octanol–water partition coefficient (Wildman–Crippen LogP) is 1.78. The Labute approximate surface area is 106 Å². The van der Waals surface area contributed by atoms with E-state index in [2.05, 4.69) is 15.3 Å². The second-order valence-electron chi connectivity index (χ2n) is 4.65. The topological polar surface area (TPSA) is 84.1 Å². The Morgan fingerprint density at radius 3 is 2.78 bits per heavy atom. The molecule has 0 amide bonds. The van der Waals surface area contributed by atoms with E-state index in [9.17, 15) is 5.11 Å². The zero-order chi connectivity index (χ0) is 13.2. The van der Waals surface area contributed by atoms with E-state index in [0.29, 0.717) is 18.8 Å². The number of benzene rings is 1. The molecule has 2 rings (SSSR count). The fraction of sp³-hybridized carbons (Fsp3) is 0.385. The molecule has 0 aliphatic carbocycles. The second kappa shape index (κ2) is 4.78. The molecule has 0 saturated heterocycles. The Morgan fingerprint density at radius 2 is 2.06 bits per heavy atom. The summed E-state index contributed by atoms with van der Waals surface area (Å²) in [6.07, 6.45) is 0.665. The van der Waals surface area contributed by atoms with E-state index in [1.807, 2.05) is 31.2 Å². The van der Waals surface area contributed by atoms with Gasteiger partial charge in [-0.15, -0.1) is 0 Å². The van der Waals surface area contributed by atoms with E-state index >= 15 is 0 Å². The van der Waals surface area contributed by atoms with E-state index in [-0.39, 0.29) is 5.95 Å². The first kappa shape index (κ1) is 12.6. The molecule has 0 spiro atoms. The smallest absolute Gasteiger partial charge is 0.222 e. The number of nitrogens with one attached hydrogen (secondary N) is 1. The summed E-state index contributed by atoms with van der Waals surface area (Å²) < 4.78 is 0. The largest absolute Gasteiger partial charge is 0.388 e. The monoisotopic (exact) mass is 246 g/mol. The Bertz CT molecular complexity index is 554. The summed E-state index contributed by atoms with van der Waals surface area (Å²) in [6, 6.07) is 7.64. The summed E-state index contributed by atoms with van der Waals surface area (Å²) in [5.41, 5.74) is 5.70. The first-order valence-electron chi connectivity index (χ1n) is 6.00. The van der Waals surface area contributed by atoms with Gasteiger partial charge >= 0.3 is 0 Å². The normalized spacial score (nSPS) is 14.4. The van der Waals surface area contributed by atoms with Crippen molar-refractivity contribution < 1.29 is 5.11 Å². The lowest BCUT2D eigenvalue weighted by Crippen LogP contribution is -2.32. The zero-order valence-electron chi connectivity index (χ0n) is 10.6. The third-order valence-corrected chi connectivity index (χ3v) is 3.02. The van der Waals surface area contributed by atoms with Crippen LogP contribution < -0.4 is 11.1 Å². The minimum absolute atomic E-state index is 0.229. The molecule has 2 aromatic rings. The van der Waals surface area contributed by atoms with Gasteiger partial charge in [0.25, 0.3) is 0 Å². The molecule has 1 unspecified atom stereocenters. The molecule has 1 aromatic heterocycles. The quantitative estimate of drug-likeness (QED) is 0.766. The lowest BCUT2D eigenvalue weighted by molar-refractivity contribution is 0.0697. The van der Waals surface area contributed by atoms with Gasteiger partial charge in [0.2, 0.25) is 5.95 Å². The molecule has 1 heterocycles. The van der Waals surface area contributed by atoms with Crippen molar-refractivity contribution in [1.29, 1.82) is 0 Å². The number of aliphatic hydroxyl groups is 1. The minimum atomic E-state index is -0.763.